The molecule has 0 saturated carbocycles. The van der Waals surface area contributed by atoms with Crippen LogP contribution < -0.4 is 5.06 Å². The van der Waals surface area contributed by atoms with Crippen LogP contribution >= 0.6 is 0 Å². The number of benzene rings is 1. The van der Waals surface area contributed by atoms with E-state index in [4.69, 9.17) is 4.74 Å². The molecule has 1 atom stereocenters. The van der Waals surface area contributed by atoms with Crippen molar-refractivity contribution < 1.29 is 15.1 Å². The number of anilines is 1. The van der Waals surface area contributed by atoms with Crippen molar-refractivity contribution in [2.24, 2.45) is 0 Å². The molecular weight excluding hydrogens is 194 g/mol. The summed E-state index contributed by atoms with van der Waals surface area (Å²) in [6.45, 7) is 2.29. The van der Waals surface area contributed by atoms with Crippen LogP contribution in [0.2, 0.25) is 0 Å². The molecule has 1 unspecified atom stereocenters. The van der Waals surface area contributed by atoms with Crippen LogP contribution in [0.5, 0.6) is 0 Å². The number of hydrogen-bond donors (Lipinski definition) is 2. The van der Waals surface area contributed by atoms with Crippen molar-refractivity contribution in [2.75, 3.05) is 11.7 Å². The van der Waals surface area contributed by atoms with Gasteiger partial charge in [-0.15, -0.1) is 0 Å². The Balaban J connectivity index is 2.42. The highest BCUT2D eigenvalue weighted by atomic mass is 16.6. The molecule has 1 aliphatic rings. The Bertz CT molecular complexity index is 389. The smallest absolute Gasteiger partial charge is 0.209 e. The second kappa shape index (κ2) is 3.92. The highest BCUT2D eigenvalue weighted by Crippen LogP contribution is 2.30. The van der Waals surface area contributed by atoms with Gasteiger partial charge < -0.3 is 9.84 Å². The van der Waals surface area contributed by atoms with Gasteiger partial charge in [0.25, 0.3) is 0 Å². The molecule has 0 aromatic heterocycles. The highest BCUT2D eigenvalue weighted by molar-refractivity contribution is 5.71. The second-order valence-corrected chi connectivity index (χ2v) is 3.26. The number of fused-ring (bicyclic) bond motifs is 1. The Labute approximate surface area is 88.0 Å². The van der Waals surface area contributed by atoms with Crippen LogP contribution in [0.3, 0.4) is 0 Å². The Hall–Kier alpha value is -1.52. The Kier molecular flexibility index (Phi) is 2.62. The molecule has 0 amide bonds. The predicted molar refractivity (Wildman–Crippen MR) is 56.3 cm³/mol. The maximum Gasteiger partial charge on any atom is 0.209 e. The van der Waals surface area contributed by atoms with Gasteiger partial charge in [0.2, 0.25) is 6.23 Å². The van der Waals surface area contributed by atoms with E-state index in [1.807, 2.05) is 19.1 Å². The molecule has 0 aliphatic carbocycles. The van der Waals surface area contributed by atoms with Crippen LogP contribution in [0.15, 0.2) is 30.0 Å². The van der Waals surface area contributed by atoms with Crippen molar-refractivity contribution in [3.05, 3.63) is 35.6 Å². The topological polar surface area (TPSA) is 52.9 Å². The number of nitrogens with zero attached hydrogens (tertiary/aromatic N) is 1. The summed E-state index contributed by atoms with van der Waals surface area (Å²) in [5, 5.41) is 20.2. The molecule has 80 valence electrons. The second-order valence-electron chi connectivity index (χ2n) is 3.26. The highest BCUT2D eigenvalue weighted by Gasteiger charge is 2.26. The fourth-order valence-electron chi connectivity index (χ4n) is 1.58. The molecule has 1 aromatic rings. The van der Waals surface area contributed by atoms with Crippen molar-refractivity contribution in [1.29, 1.82) is 0 Å². The van der Waals surface area contributed by atoms with E-state index in [-0.39, 0.29) is 0 Å². The van der Waals surface area contributed by atoms with Gasteiger partial charge in [-0.2, -0.15) is 0 Å². The first kappa shape index (κ1) is 10.0. The maximum atomic E-state index is 9.70. The normalized spacial score (nSPS) is 19.5. The molecule has 0 bridgehead atoms. The van der Waals surface area contributed by atoms with E-state index < -0.39 is 6.23 Å². The summed E-state index contributed by atoms with van der Waals surface area (Å²) < 4.78 is 5.23. The fraction of sp³-hybridized carbons (Fsp3) is 0.273. The van der Waals surface area contributed by atoms with Crippen LogP contribution in [0.1, 0.15) is 12.5 Å². The first-order chi connectivity index (χ1) is 7.24. The summed E-state index contributed by atoms with van der Waals surface area (Å²) in [6, 6.07) is 7.25. The molecule has 0 radical (unpaired) electrons. The van der Waals surface area contributed by atoms with Gasteiger partial charge in [-0.05, 0) is 19.1 Å². The van der Waals surface area contributed by atoms with Crippen molar-refractivity contribution >= 4 is 11.8 Å². The number of aliphatic hydroxyl groups excluding tert-OH is 1. The van der Waals surface area contributed by atoms with Crippen LogP contribution in [0.25, 0.3) is 6.08 Å². The number of hydrogen-bond acceptors (Lipinski definition) is 4. The third-order valence-corrected chi connectivity index (χ3v) is 2.28. The summed E-state index contributed by atoms with van der Waals surface area (Å²) in [6.07, 6.45) is 0.607. The molecule has 0 saturated heterocycles. The van der Waals surface area contributed by atoms with Gasteiger partial charge >= 0.3 is 0 Å². The number of aliphatic hydroxyl groups is 1. The van der Waals surface area contributed by atoms with Gasteiger partial charge in [0.15, 0.2) is 0 Å². The van der Waals surface area contributed by atoms with Gasteiger partial charge in [0.05, 0.1) is 12.3 Å². The van der Waals surface area contributed by atoms with E-state index in [0.717, 1.165) is 10.6 Å². The summed E-state index contributed by atoms with van der Waals surface area (Å²) in [5.74, 6) is 0.360. The largest absolute Gasteiger partial charge is 0.493 e. The molecule has 15 heavy (non-hydrogen) atoms. The summed E-state index contributed by atoms with van der Waals surface area (Å²) in [7, 11) is 0. The molecule has 1 aromatic carbocycles. The van der Waals surface area contributed by atoms with Gasteiger partial charge in [-0.1, -0.05) is 18.2 Å². The molecule has 1 aliphatic heterocycles. The van der Waals surface area contributed by atoms with Gasteiger partial charge in [0.1, 0.15) is 5.76 Å². The van der Waals surface area contributed by atoms with Crippen LogP contribution in [-0.4, -0.2) is 23.1 Å². The Morgan fingerprint density at radius 1 is 1.40 bits per heavy atom. The molecular formula is C11H13NO3. The standard InChI is InChI=1S/C11H13NO3/c1-2-15-10-7-8-5-3-4-6-9(8)12(14)11(10)13/h3-7,11,13-14H,2H2,1H3. The molecule has 0 spiro atoms. The SMILES string of the molecule is CCOC1=Cc2ccccc2N(O)C1O. The third-order valence-electron chi connectivity index (χ3n) is 2.28. The lowest BCUT2D eigenvalue weighted by Gasteiger charge is -2.30. The number of rotatable bonds is 2. The zero-order valence-corrected chi connectivity index (χ0v) is 8.42. The summed E-state index contributed by atoms with van der Waals surface area (Å²) >= 11 is 0. The first-order valence-electron chi connectivity index (χ1n) is 4.83. The Morgan fingerprint density at radius 2 is 2.13 bits per heavy atom. The molecule has 2 rings (SSSR count). The Morgan fingerprint density at radius 3 is 2.87 bits per heavy atom. The average molecular weight is 207 g/mol. The van der Waals surface area contributed by atoms with E-state index in [2.05, 4.69) is 0 Å². The van der Waals surface area contributed by atoms with Crippen molar-refractivity contribution in [3.63, 3.8) is 0 Å². The zero-order valence-electron chi connectivity index (χ0n) is 8.42. The van der Waals surface area contributed by atoms with Gasteiger partial charge in [0, 0.05) is 5.56 Å². The molecule has 2 N–H and O–H groups in total. The summed E-state index contributed by atoms with van der Waals surface area (Å²) in [5.41, 5.74) is 1.40. The van der Waals surface area contributed by atoms with E-state index >= 15 is 0 Å². The molecule has 0 fully saturated rings. The minimum Gasteiger partial charge on any atom is -0.493 e. The monoisotopic (exact) mass is 207 g/mol. The number of hydroxylamine groups is 1. The zero-order chi connectivity index (χ0) is 10.8. The fourth-order valence-corrected chi connectivity index (χ4v) is 1.58. The lowest BCUT2D eigenvalue weighted by atomic mass is 10.1. The van der Waals surface area contributed by atoms with E-state index in [1.54, 1.807) is 18.2 Å². The predicted octanol–water partition coefficient (Wildman–Crippen LogP) is 1.59. The van der Waals surface area contributed by atoms with Crippen molar-refractivity contribution in [2.45, 2.75) is 13.2 Å². The van der Waals surface area contributed by atoms with Crippen LogP contribution in [0, 0.1) is 0 Å². The lowest BCUT2D eigenvalue weighted by molar-refractivity contribution is 0.0410. The van der Waals surface area contributed by atoms with Gasteiger partial charge in [-0.25, -0.2) is 5.06 Å². The molecule has 1 heterocycles. The van der Waals surface area contributed by atoms with Crippen LogP contribution in [0.4, 0.5) is 5.69 Å². The van der Waals surface area contributed by atoms with E-state index in [1.165, 1.54) is 0 Å². The van der Waals surface area contributed by atoms with E-state index in [0.29, 0.717) is 18.1 Å². The maximum absolute atomic E-state index is 9.70. The van der Waals surface area contributed by atoms with Gasteiger partial charge in [-0.3, -0.25) is 5.21 Å². The number of para-hydroxylation sites is 1. The number of ether oxygens (including phenoxy) is 1. The van der Waals surface area contributed by atoms with E-state index in [9.17, 15) is 10.3 Å². The van der Waals surface area contributed by atoms with Crippen molar-refractivity contribution in [1.82, 2.24) is 0 Å². The quantitative estimate of drug-likeness (QED) is 0.773. The summed E-state index contributed by atoms with van der Waals surface area (Å²) in [4.78, 5) is 0. The average Bonchev–Trinajstić information content (AvgIpc) is 2.26. The van der Waals surface area contributed by atoms with Crippen LogP contribution in [-0.2, 0) is 4.74 Å². The molecule has 4 heteroatoms. The molecule has 4 nitrogen and oxygen atoms in total. The minimum atomic E-state index is -1.13. The lowest BCUT2D eigenvalue weighted by Crippen LogP contribution is -2.37. The first-order valence-corrected chi connectivity index (χ1v) is 4.83. The minimum absolute atomic E-state index is 0.360. The van der Waals surface area contributed by atoms with Crippen molar-refractivity contribution in [3.8, 4) is 0 Å². The third kappa shape index (κ3) is 1.69.